The number of amides is 2. The highest BCUT2D eigenvalue weighted by atomic mass is 35.5. The molecule has 0 atom stereocenters. The first-order valence-electron chi connectivity index (χ1n) is 7.51. The average molecular weight is 382 g/mol. The van der Waals surface area contributed by atoms with E-state index in [2.05, 4.69) is 16.2 Å². The van der Waals surface area contributed by atoms with Gasteiger partial charge in [0.05, 0.1) is 18.7 Å². The summed E-state index contributed by atoms with van der Waals surface area (Å²) >= 11 is 5.61. The zero-order valence-electron chi connectivity index (χ0n) is 13.8. The van der Waals surface area contributed by atoms with Crippen LogP contribution in [0.2, 0.25) is 5.02 Å². The van der Waals surface area contributed by atoms with Crippen LogP contribution >= 0.6 is 11.6 Å². The van der Waals surface area contributed by atoms with Crippen molar-refractivity contribution in [3.8, 4) is 11.5 Å². The molecule has 0 saturated carbocycles. The maximum atomic E-state index is 13.0. The molecule has 0 radical (unpaired) electrons. The van der Waals surface area contributed by atoms with Gasteiger partial charge in [0.15, 0.2) is 6.61 Å². The quantitative estimate of drug-likeness (QED) is 0.639. The first kappa shape index (κ1) is 19.3. The number of ether oxygens (including phenoxy) is 2. The Balaban J connectivity index is 1.67. The van der Waals surface area contributed by atoms with E-state index in [1.807, 2.05) is 0 Å². The molecule has 9 heteroatoms. The molecular weight excluding hydrogens is 365 g/mol. The molecule has 0 bridgehead atoms. The molecule has 0 spiro atoms. The highest BCUT2D eigenvalue weighted by Gasteiger charge is 2.07. The fourth-order valence-electron chi connectivity index (χ4n) is 1.83. The van der Waals surface area contributed by atoms with Crippen molar-refractivity contribution in [2.45, 2.75) is 0 Å². The van der Waals surface area contributed by atoms with Crippen LogP contribution in [0.15, 0.2) is 42.5 Å². The van der Waals surface area contributed by atoms with Gasteiger partial charge in [-0.2, -0.15) is 0 Å². The predicted octanol–water partition coefficient (Wildman–Crippen LogP) is 2.13. The van der Waals surface area contributed by atoms with Gasteiger partial charge in [-0.1, -0.05) is 11.6 Å². The number of nitrogens with one attached hydrogen (secondary N) is 3. The van der Waals surface area contributed by atoms with Crippen LogP contribution in [0, 0.1) is 5.82 Å². The van der Waals surface area contributed by atoms with Crippen LogP contribution in [0.4, 0.5) is 10.1 Å². The molecule has 0 heterocycles. The molecule has 7 nitrogen and oxygen atoms in total. The Kier molecular flexibility index (Phi) is 7.04. The van der Waals surface area contributed by atoms with Crippen molar-refractivity contribution >= 4 is 29.1 Å². The molecule has 0 aliphatic carbocycles. The zero-order chi connectivity index (χ0) is 18.9. The van der Waals surface area contributed by atoms with Crippen LogP contribution < -0.4 is 25.6 Å². The van der Waals surface area contributed by atoms with E-state index in [1.54, 1.807) is 31.4 Å². The van der Waals surface area contributed by atoms with Crippen LogP contribution in [0.3, 0.4) is 0 Å². The summed E-state index contributed by atoms with van der Waals surface area (Å²) in [5.74, 6) is -0.670. The zero-order valence-corrected chi connectivity index (χ0v) is 14.6. The standard InChI is InChI=1S/C17H17ClFN3O4/c1-25-12-4-2-11(3-5-12)20-9-16(23)21-22-17(24)10-26-13-6-7-15(19)14(18)8-13/h2-8,20H,9-10H2,1H3,(H,21,23)(H,22,24). The van der Waals surface area contributed by atoms with E-state index in [-0.39, 0.29) is 23.9 Å². The lowest BCUT2D eigenvalue weighted by Gasteiger charge is -2.10. The Labute approximate surface area is 154 Å². The summed E-state index contributed by atoms with van der Waals surface area (Å²) in [5.41, 5.74) is 5.17. The van der Waals surface area contributed by atoms with Crippen LogP contribution in [0.25, 0.3) is 0 Å². The van der Waals surface area contributed by atoms with Crippen molar-refractivity contribution in [3.63, 3.8) is 0 Å². The highest BCUT2D eigenvalue weighted by molar-refractivity contribution is 6.30. The van der Waals surface area contributed by atoms with Crippen molar-refractivity contribution in [3.05, 3.63) is 53.3 Å². The normalized spacial score (nSPS) is 9.96. The summed E-state index contributed by atoms with van der Waals surface area (Å²) < 4.78 is 23.2. The minimum absolute atomic E-state index is 0.0406. The summed E-state index contributed by atoms with van der Waals surface area (Å²) in [7, 11) is 1.56. The van der Waals surface area contributed by atoms with E-state index < -0.39 is 17.6 Å². The van der Waals surface area contributed by atoms with Crippen LogP contribution in [-0.4, -0.2) is 32.1 Å². The van der Waals surface area contributed by atoms with Gasteiger partial charge in [0.25, 0.3) is 11.8 Å². The summed E-state index contributed by atoms with van der Waals surface area (Å²) in [4.78, 5) is 23.3. The molecule has 0 unspecified atom stereocenters. The fraction of sp³-hybridized carbons (Fsp3) is 0.176. The lowest BCUT2D eigenvalue weighted by atomic mass is 10.3. The molecule has 0 aromatic heterocycles. The van der Waals surface area contributed by atoms with Crippen molar-refractivity contribution in [2.75, 3.05) is 25.6 Å². The Hall–Kier alpha value is -3.00. The highest BCUT2D eigenvalue weighted by Crippen LogP contribution is 2.20. The van der Waals surface area contributed by atoms with Crippen molar-refractivity contribution < 1.29 is 23.5 Å². The van der Waals surface area contributed by atoms with Crippen molar-refractivity contribution in [1.82, 2.24) is 10.9 Å². The minimum atomic E-state index is -0.583. The van der Waals surface area contributed by atoms with Gasteiger partial charge < -0.3 is 14.8 Å². The third kappa shape index (κ3) is 6.14. The van der Waals surface area contributed by atoms with Crippen LogP contribution in [0.5, 0.6) is 11.5 Å². The minimum Gasteiger partial charge on any atom is -0.497 e. The van der Waals surface area contributed by atoms with Gasteiger partial charge >= 0.3 is 0 Å². The van der Waals surface area contributed by atoms with E-state index in [1.165, 1.54) is 12.1 Å². The Morgan fingerprint density at radius 2 is 1.69 bits per heavy atom. The van der Waals surface area contributed by atoms with Gasteiger partial charge in [0, 0.05) is 11.8 Å². The summed E-state index contributed by atoms with van der Waals surface area (Å²) in [6.45, 7) is -0.408. The lowest BCUT2D eigenvalue weighted by molar-refractivity contribution is -0.129. The Bertz CT molecular complexity index is 771. The largest absolute Gasteiger partial charge is 0.497 e. The third-order valence-electron chi connectivity index (χ3n) is 3.15. The summed E-state index contributed by atoms with van der Waals surface area (Å²) in [6, 6.07) is 10.7. The number of anilines is 1. The molecule has 26 heavy (non-hydrogen) atoms. The van der Waals surface area contributed by atoms with Gasteiger partial charge in [0.1, 0.15) is 17.3 Å². The first-order valence-corrected chi connectivity index (χ1v) is 7.89. The second-order valence-electron chi connectivity index (χ2n) is 5.04. The molecule has 2 rings (SSSR count). The second-order valence-corrected chi connectivity index (χ2v) is 5.45. The molecule has 0 saturated heterocycles. The van der Waals surface area contributed by atoms with Crippen molar-refractivity contribution in [2.24, 2.45) is 0 Å². The number of carbonyl (C=O) groups excluding carboxylic acids is 2. The van der Waals surface area contributed by atoms with Gasteiger partial charge in [-0.25, -0.2) is 4.39 Å². The topological polar surface area (TPSA) is 88.7 Å². The molecule has 3 N–H and O–H groups in total. The van der Waals surface area contributed by atoms with Crippen LogP contribution in [0.1, 0.15) is 0 Å². The summed E-state index contributed by atoms with van der Waals surface area (Å²) in [5, 5.41) is 2.78. The molecule has 2 aromatic rings. The average Bonchev–Trinajstić information content (AvgIpc) is 2.66. The number of methoxy groups -OCH3 is 1. The fourth-order valence-corrected chi connectivity index (χ4v) is 2.00. The van der Waals surface area contributed by atoms with Crippen LogP contribution in [-0.2, 0) is 9.59 Å². The number of hydrogen-bond donors (Lipinski definition) is 3. The Morgan fingerprint density at radius 3 is 2.35 bits per heavy atom. The van der Waals surface area contributed by atoms with E-state index in [0.717, 1.165) is 11.8 Å². The van der Waals surface area contributed by atoms with E-state index in [0.29, 0.717) is 5.75 Å². The maximum Gasteiger partial charge on any atom is 0.276 e. The molecule has 2 aromatic carbocycles. The second kappa shape index (κ2) is 9.47. The van der Waals surface area contributed by atoms with E-state index in [9.17, 15) is 14.0 Å². The van der Waals surface area contributed by atoms with E-state index >= 15 is 0 Å². The first-order chi connectivity index (χ1) is 12.5. The lowest BCUT2D eigenvalue weighted by Crippen LogP contribution is -2.45. The Morgan fingerprint density at radius 1 is 1.04 bits per heavy atom. The smallest absolute Gasteiger partial charge is 0.276 e. The molecule has 2 amide bonds. The number of rotatable bonds is 7. The molecule has 138 valence electrons. The molecule has 0 aliphatic heterocycles. The number of carbonyl (C=O) groups is 2. The number of halogens is 2. The third-order valence-corrected chi connectivity index (χ3v) is 3.44. The van der Waals surface area contributed by atoms with Gasteiger partial charge in [-0.05, 0) is 36.4 Å². The number of hydrazine groups is 1. The SMILES string of the molecule is COc1ccc(NCC(=O)NNC(=O)COc2ccc(F)c(Cl)c2)cc1. The number of benzene rings is 2. The van der Waals surface area contributed by atoms with Gasteiger partial charge in [-0.3, -0.25) is 20.4 Å². The van der Waals surface area contributed by atoms with Gasteiger partial charge in [0.2, 0.25) is 0 Å². The van der Waals surface area contributed by atoms with Crippen molar-refractivity contribution in [1.29, 1.82) is 0 Å². The van der Waals surface area contributed by atoms with E-state index in [4.69, 9.17) is 21.1 Å². The van der Waals surface area contributed by atoms with Gasteiger partial charge in [-0.15, -0.1) is 0 Å². The predicted molar refractivity (Wildman–Crippen MR) is 94.7 cm³/mol. The summed E-state index contributed by atoms with van der Waals surface area (Å²) in [6.07, 6.45) is 0. The number of hydrogen-bond acceptors (Lipinski definition) is 5. The monoisotopic (exact) mass is 381 g/mol. The molecular formula is C17H17ClFN3O4. The molecule has 0 aliphatic rings. The molecule has 0 fully saturated rings. The maximum absolute atomic E-state index is 13.0.